The molecule has 0 amide bonds. The standard InChI is InChI=1S/C39H28N2O/c1-4-14-27(15-5-1)37-38(41-34-22-12-11-21-33(34)40-37)28-24-25-32-36(26-28)42-35-23-13-10-20-31(35)39(32,29-16-6-2-7-17-29)30-18-8-3-9-19-30/h1-26,38,41H. The summed E-state index contributed by atoms with van der Waals surface area (Å²) in [6.07, 6.45) is 0. The number of hydrogen-bond donors (Lipinski definition) is 1. The minimum Gasteiger partial charge on any atom is -0.457 e. The molecule has 0 aliphatic carbocycles. The van der Waals surface area contributed by atoms with Gasteiger partial charge in [0, 0.05) is 11.1 Å². The zero-order valence-corrected chi connectivity index (χ0v) is 22.9. The summed E-state index contributed by atoms with van der Waals surface area (Å²) in [5.74, 6) is 1.72. The average molecular weight is 541 g/mol. The minimum absolute atomic E-state index is 0.142. The number of hydrogen-bond acceptors (Lipinski definition) is 3. The Morgan fingerprint density at radius 2 is 1.14 bits per heavy atom. The zero-order chi connectivity index (χ0) is 27.9. The quantitative estimate of drug-likeness (QED) is 0.241. The number of aliphatic imine (C=N–C) groups is 1. The van der Waals surface area contributed by atoms with Gasteiger partial charge in [-0.1, -0.05) is 133 Å². The van der Waals surface area contributed by atoms with Crippen LogP contribution in [0.15, 0.2) is 163 Å². The summed E-state index contributed by atoms with van der Waals surface area (Å²) in [5, 5.41) is 3.79. The van der Waals surface area contributed by atoms with Gasteiger partial charge in [-0.15, -0.1) is 0 Å². The van der Waals surface area contributed by atoms with Crippen molar-refractivity contribution in [2.45, 2.75) is 11.5 Å². The van der Waals surface area contributed by atoms with E-state index in [1.165, 1.54) is 11.1 Å². The van der Waals surface area contributed by atoms with Gasteiger partial charge in [-0.05, 0) is 46.5 Å². The molecule has 2 aliphatic heterocycles. The van der Waals surface area contributed by atoms with Gasteiger partial charge in [0.05, 0.1) is 28.5 Å². The Labute approximate surface area is 245 Å². The van der Waals surface area contributed by atoms with Gasteiger partial charge >= 0.3 is 0 Å². The maximum atomic E-state index is 6.75. The highest BCUT2D eigenvalue weighted by Crippen LogP contribution is 2.55. The maximum absolute atomic E-state index is 6.75. The molecule has 3 heteroatoms. The van der Waals surface area contributed by atoms with Crippen molar-refractivity contribution < 1.29 is 4.74 Å². The molecule has 2 heterocycles. The number of para-hydroxylation sites is 3. The molecular weight excluding hydrogens is 512 g/mol. The van der Waals surface area contributed by atoms with Gasteiger partial charge < -0.3 is 10.1 Å². The van der Waals surface area contributed by atoms with Crippen molar-refractivity contribution in [3.63, 3.8) is 0 Å². The zero-order valence-electron chi connectivity index (χ0n) is 22.9. The van der Waals surface area contributed by atoms with Crippen LogP contribution in [0.3, 0.4) is 0 Å². The van der Waals surface area contributed by atoms with Gasteiger partial charge in [-0.3, -0.25) is 0 Å². The van der Waals surface area contributed by atoms with Crippen LogP contribution in [-0.2, 0) is 5.41 Å². The van der Waals surface area contributed by atoms with Crippen LogP contribution in [0.25, 0.3) is 0 Å². The second kappa shape index (κ2) is 9.90. The largest absolute Gasteiger partial charge is 0.457 e. The van der Waals surface area contributed by atoms with Crippen LogP contribution in [0.4, 0.5) is 11.4 Å². The van der Waals surface area contributed by atoms with E-state index in [1.807, 2.05) is 24.3 Å². The SMILES string of the molecule is c1ccc(C2=Nc3ccccc3NC2c2ccc3c(c2)Oc2ccccc2C3(c2ccccc2)c2ccccc2)cc1. The lowest BCUT2D eigenvalue weighted by atomic mass is 9.63. The predicted octanol–water partition coefficient (Wildman–Crippen LogP) is 9.46. The Kier molecular flexibility index (Phi) is 5.75. The summed E-state index contributed by atoms with van der Waals surface area (Å²) in [5.41, 5.74) is 9.29. The number of fused-ring (bicyclic) bond motifs is 3. The molecule has 6 aromatic rings. The van der Waals surface area contributed by atoms with E-state index in [4.69, 9.17) is 9.73 Å². The Balaban J connectivity index is 1.35. The van der Waals surface area contributed by atoms with Gasteiger partial charge in [-0.25, -0.2) is 4.99 Å². The summed E-state index contributed by atoms with van der Waals surface area (Å²) >= 11 is 0. The van der Waals surface area contributed by atoms with Crippen molar-refractivity contribution in [3.05, 3.63) is 191 Å². The first-order valence-electron chi connectivity index (χ1n) is 14.3. The maximum Gasteiger partial charge on any atom is 0.132 e. The molecule has 0 fully saturated rings. The number of benzene rings is 6. The fraction of sp³-hybridized carbons (Fsp3) is 0.0513. The van der Waals surface area contributed by atoms with Gasteiger partial charge in [0.2, 0.25) is 0 Å². The molecule has 0 bridgehead atoms. The van der Waals surface area contributed by atoms with Crippen molar-refractivity contribution >= 4 is 17.1 Å². The molecule has 42 heavy (non-hydrogen) atoms. The number of anilines is 1. The van der Waals surface area contributed by atoms with Crippen LogP contribution in [0, 0.1) is 0 Å². The Bertz CT molecular complexity index is 1890. The molecule has 0 spiro atoms. The molecule has 3 nitrogen and oxygen atoms in total. The molecule has 6 aromatic carbocycles. The highest BCUT2D eigenvalue weighted by molar-refractivity contribution is 6.10. The minimum atomic E-state index is -0.534. The fourth-order valence-corrected chi connectivity index (χ4v) is 6.60. The number of rotatable bonds is 4. The number of ether oxygens (including phenoxy) is 1. The molecule has 0 saturated carbocycles. The highest BCUT2D eigenvalue weighted by Gasteiger charge is 2.45. The molecular formula is C39H28N2O. The number of nitrogens with one attached hydrogen (secondary N) is 1. The summed E-state index contributed by atoms with van der Waals surface area (Å²) in [4.78, 5) is 5.16. The van der Waals surface area contributed by atoms with Crippen molar-refractivity contribution in [1.82, 2.24) is 0 Å². The van der Waals surface area contributed by atoms with E-state index in [0.717, 1.165) is 50.8 Å². The third-order valence-corrected chi connectivity index (χ3v) is 8.46. The molecule has 8 rings (SSSR count). The lowest BCUT2D eigenvalue weighted by Crippen LogP contribution is -2.34. The predicted molar refractivity (Wildman–Crippen MR) is 170 cm³/mol. The summed E-state index contributed by atoms with van der Waals surface area (Å²) in [7, 11) is 0. The average Bonchev–Trinajstić information content (AvgIpc) is 3.07. The van der Waals surface area contributed by atoms with Gasteiger partial charge in [0.1, 0.15) is 11.5 Å². The topological polar surface area (TPSA) is 33.6 Å². The van der Waals surface area contributed by atoms with Gasteiger partial charge in [0.15, 0.2) is 0 Å². The third-order valence-electron chi connectivity index (χ3n) is 8.46. The van der Waals surface area contributed by atoms with Crippen LogP contribution in [0.5, 0.6) is 11.5 Å². The molecule has 2 aliphatic rings. The van der Waals surface area contributed by atoms with E-state index in [-0.39, 0.29) is 6.04 Å². The van der Waals surface area contributed by atoms with Crippen molar-refractivity contribution in [3.8, 4) is 11.5 Å². The summed E-state index contributed by atoms with van der Waals surface area (Å²) in [6, 6.07) is 55.2. The van der Waals surface area contributed by atoms with Crippen LogP contribution in [-0.4, -0.2) is 5.71 Å². The van der Waals surface area contributed by atoms with Crippen LogP contribution >= 0.6 is 0 Å². The van der Waals surface area contributed by atoms with E-state index in [1.54, 1.807) is 0 Å². The molecule has 1 unspecified atom stereocenters. The van der Waals surface area contributed by atoms with E-state index in [2.05, 4.69) is 139 Å². The lowest BCUT2D eigenvalue weighted by molar-refractivity contribution is 0.434. The molecule has 1 atom stereocenters. The first-order chi connectivity index (χ1) is 20.8. The van der Waals surface area contributed by atoms with Crippen molar-refractivity contribution in [2.24, 2.45) is 4.99 Å². The van der Waals surface area contributed by atoms with Crippen molar-refractivity contribution in [1.29, 1.82) is 0 Å². The summed E-state index contributed by atoms with van der Waals surface area (Å²) < 4.78 is 6.75. The fourth-order valence-electron chi connectivity index (χ4n) is 6.60. The first kappa shape index (κ1) is 24.4. The van der Waals surface area contributed by atoms with Crippen LogP contribution in [0.1, 0.15) is 39.4 Å². The highest BCUT2D eigenvalue weighted by atomic mass is 16.5. The second-order valence-electron chi connectivity index (χ2n) is 10.8. The van der Waals surface area contributed by atoms with Crippen LogP contribution in [0.2, 0.25) is 0 Å². The molecule has 1 N–H and O–H groups in total. The number of nitrogens with zero attached hydrogens (tertiary/aromatic N) is 1. The first-order valence-corrected chi connectivity index (χ1v) is 14.3. The lowest BCUT2D eigenvalue weighted by Gasteiger charge is -2.42. The van der Waals surface area contributed by atoms with Gasteiger partial charge in [-0.2, -0.15) is 0 Å². The molecule has 200 valence electrons. The second-order valence-corrected chi connectivity index (χ2v) is 10.8. The Hall–Kier alpha value is -5.41. The van der Waals surface area contributed by atoms with Gasteiger partial charge in [0.25, 0.3) is 0 Å². The van der Waals surface area contributed by atoms with Crippen molar-refractivity contribution in [2.75, 3.05) is 5.32 Å². The molecule has 0 radical (unpaired) electrons. The third kappa shape index (κ3) is 3.78. The monoisotopic (exact) mass is 540 g/mol. The molecule has 0 saturated heterocycles. The normalized spacial score (nSPS) is 16.1. The smallest absolute Gasteiger partial charge is 0.132 e. The Morgan fingerprint density at radius 1 is 0.548 bits per heavy atom. The molecule has 0 aromatic heterocycles. The van der Waals surface area contributed by atoms with E-state index >= 15 is 0 Å². The van der Waals surface area contributed by atoms with E-state index < -0.39 is 5.41 Å². The Morgan fingerprint density at radius 3 is 1.88 bits per heavy atom. The van der Waals surface area contributed by atoms with E-state index in [0.29, 0.717) is 0 Å². The van der Waals surface area contributed by atoms with E-state index in [9.17, 15) is 0 Å². The van der Waals surface area contributed by atoms with Crippen LogP contribution < -0.4 is 10.1 Å². The summed E-state index contributed by atoms with van der Waals surface area (Å²) in [6.45, 7) is 0.